The number of carbonyl (C=O) groups excluding carboxylic acids is 1. The molecule has 0 fully saturated rings. The number of hydrogen-bond donors (Lipinski definition) is 1. The Hall–Kier alpha value is -1.54. The molecule has 0 saturated heterocycles. The van der Waals surface area contributed by atoms with Crippen LogP contribution in [0.25, 0.3) is 0 Å². The van der Waals surface area contributed by atoms with Crippen LogP contribution < -0.4 is 0 Å². The van der Waals surface area contributed by atoms with Crippen molar-refractivity contribution in [3.8, 4) is 0 Å². The Morgan fingerprint density at radius 1 is 1.57 bits per heavy atom. The highest BCUT2D eigenvalue weighted by molar-refractivity contribution is 9.10. The normalized spacial score (nSPS) is 16.0. The lowest BCUT2D eigenvalue weighted by Gasteiger charge is -2.26. The molecule has 0 saturated carbocycles. The maximum atomic E-state index is 13.9. The van der Waals surface area contributed by atoms with Crippen molar-refractivity contribution in [3.05, 3.63) is 37.8 Å². The van der Waals surface area contributed by atoms with Crippen molar-refractivity contribution in [1.82, 2.24) is 4.90 Å². The summed E-state index contributed by atoms with van der Waals surface area (Å²) in [5.74, 6) is -0.396. The summed E-state index contributed by atoms with van der Waals surface area (Å²) < 4.78 is 14.1. The third-order valence-electron chi connectivity index (χ3n) is 3.40. The first kappa shape index (κ1) is 15.8. The third-order valence-corrected chi connectivity index (χ3v) is 4.03. The zero-order chi connectivity index (χ0) is 15.9. The van der Waals surface area contributed by atoms with E-state index in [-0.39, 0.29) is 23.2 Å². The van der Waals surface area contributed by atoms with Gasteiger partial charge in [-0.05, 0) is 41.4 Å². The van der Waals surface area contributed by atoms with Crippen LogP contribution in [-0.2, 0) is 6.54 Å². The first-order valence-corrected chi connectivity index (χ1v) is 7.03. The maximum Gasteiger partial charge on any atom is 0.283 e. The average Bonchev–Trinajstić information content (AvgIpc) is 2.64. The number of halogens is 2. The Kier molecular flexibility index (Phi) is 4.03. The van der Waals surface area contributed by atoms with Gasteiger partial charge in [0.25, 0.3) is 11.6 Å². The van der Waals surface area contributed by atoms with Gasteiger partial charge >= 0.3 is 0 Å². The quantitative estimate of drug-likeness (QED) is 0.660. The molecule has 6 nitrogen and oxygen atoms in total. The minimum Gasteiger partial charge on any atom is -0.387 e. The number of fused-ring (bicyclic) bond motifs is 1. The standard InChI is InChI=1S/C13H14BrFN2O4/c1-13(2,19)11(15)6-16-5-7-3-10(17(20)21)9(14)4-8(7)12(16)18/h3-4,11,19H,5-6H2,1-2H3/t11-/m1/s1. The molecule has 0 radical (unpaired) electrons. The van der Waals surface area contributed by atoms with E-state index in [4.69, 9.17) is 0 Å². The van der Waals surface area contributed by atoms with E-state index in [9.17, 15) is 24.4 Å². The minimum absolute atomic E-state index is 0.0960. The molecule has 1 amide bonds. The lowest BCUT2D eigenvalue weighted by Crippen LogP contribution is -2.42. The molecule has 0 bridgehead atoms. The van der Waals surface area contributed by atoms with E-state index in [1.807, 2.05) is 0 Å². The van der Waals surface area contributed by atoms with Gasteiger partial charge in [-0.25, -0.2) is 4.39 Å². The summed E-state index contributed by atoms with van der Waals surface area (Å²) in [5, 5.41) is 20.5. The summed E-state index contributed by atoms with van der Waals surface area (Å²) in [6.07, 6.45) is -1.60. The monoisotopic (exact) mass is 360 g/mol. The zero-order valence-corrected chi connectivity index (χ0v) is 13.1. The van der Waals surface area contributed by atoms with Gasteiger partial charge in [0.2, 0.25) is 0 Å². The van der Waals surface area contributed by atoms with Crippen LogP contribution in [-0.4, -0.2) is 39.2 Å². The van der Waals surface area contributed by atoms with Crippen LogP contribution in [0.15, 0.2) is 16.6 Å². The van der Waals surface area contributed by atoms with Gasteiger partial charge in [-0.15, -0.1) is 0 Å². The van der Waals surface area contributed by atoms with Crippen LogP contribution in [0.5, 0.6) is 0 Å². The van der Waals surface area contributed by atoms with Crippen LogP contribution in [0.1, 0.15) is 29.8 Å². The van der Waals surface area contributed by atoms with E-state index in [1.54, 1.807) is 0 Å². The van der Waals surface area contributed by atoms with E-state index in [1.165, 1.54) is 30.9 Å². The number of amides is 1. The Morgan fingerprint density at radius 3 is 2.71 bits per heavy atom. The summed E-state index contributed by atoms with van der Waals surface area (Å²) in [7, 11) is 0. The smallest absolute Gasteiger partial charge is 0.283 e. The Labute approximate surface area is 128 Å². The number of nitrogens with zero attached hydrogens (tertiary/aromatic N) is 2. The fraction of sp³-hybridized carbons (Fsp3) is 0.462. The molecule has 8 heteroatoms. The van der Waals surface area contributed by atoms with Gasteiger partial charge in [-0.3, -0.25) is 14.9 Å². The van der Waals surface area contributed by atoms with Crippen molar-refractivity contribution < 1.29 is 19.2 Å². The number of nitro benzene ring substituents is 1. The van der Waals surface area contributed by atoms with Crippen molar-refractivity contribution in [2.24, 2.45) is 0 Å². The molecular weight excluding hydrogens is 347 g/mol. The van der Waals surface area contributed by atoms with Crippen molar-refractivity contribution in [3.63, 3.8) is 0 Å². The highest BCUT2D eigenvalue weighted by atomic mass is 79.9. The minimum atomic E-state index is -1.60. The van der Waals surface area contributed by atoms with E-state index >= 15 is 0 Å². The molecule has 1 heterocycles. The molecule has 1 N–H and O–H groups in total. The summed E-state index contributed by atoms with van der Waals surface area (Å²) in [4.78, 5) is 23.7. The molecule has 1 aromatic carbocycles. The summed E-state index contributed by atoms with van der Waals surface area (Å²) in [6, 6.07) is 2.70. The summed E-state index contributed by atoms with van der Waals surface area (Å²) >= 11 is 3.05. The molecule has 114 valence electrons. The Balaban J connectivity index is 2.26. The van der Waals surface area contributed by atoms with Gasteiger partial charge in [0, 0.05) is 18.2 Å². The SMILES string of the molecule is CC(C)(O)[C@H](F)CN1Cc2cc([N+](=O)[O-])c(Br)cc2C1=O. The molecule has 1 aliphatic rings. The second kappa shape index (κ2) is 5.34. The average molecular weight is 361 g/mol. The fourth-order valence-corrected chi connectivity index (χ4v) is 2.58. The van der Waals surface area contributed by atoms with Gasteiger partial charge < -0.3 is 10.0 Å². The number of nitro groups is 1. The number of alkyl halides is 1. The first-order valence-electron chi connectivity index (χ1n) is 6.23. The highest BCUT2D eigenvalue weighted by Gasteiger charge is 2.35. The number of carbonyl (C=O) groups is 1. The van der Waals surface area contributed by atoms with Gasteiger partial charge in [-0.1, -0.05) is 0 Å². The Morgan fingerprint density at radius 2 is 2.19 bits per heavy atom. The zero-order valence-electron chi connectivity index (χ0n) is 11.5. The topological polar surface area (TPSA) is 83.7 Å². The lowest BCUT2D eigenvalue weighted by atomic mass is 10.0. The molecular formula is C13H14BrFN2O4. The first-order chi connectivity index (χ1) is 9.61. The molecule has 1 aliphatic heterocycles. The van der Waals surface area contributed by atoms with Crippen LogP contribution in [0.2, 0.25) is 0 Å². The third kappa shape index (κ3) is 3.06. The molecule has 2 rings (SSSR count). The maximum absolute atomic E-state index is 13.9. The second-order valence-corrected chi connectivity index (χ2v) is 6.38. The highest BCUT2D eigenvalue weighted by Crippen LogP contribution is 2.33. The molecule has 0 spiro atoms. The van der Waals surface area contributed by atoms with Gasteiger partial charge in [-0.2, -0.15) is 0 Å². The molecule has 0 unspecified atom stereocenters. The van der Waals surface area contributed by atoms with E-state index < -0.39 is 22.6 Å². The predicted octanol–water partition coefficient (Wildman–Crippen LogP) is 2.42. The number of benzene rings is 1. The van der Waals surface area contributed by atoms with E-state index in [2.05, 4.69) is 15.9 Å². The predicted molar refractivity (Wildman–Crippen MR) is 76.7 cm³/mol. The Bertz CT molecular complexity index is 615. The lowest BCUT2D eigenvalue weighted by molar-refractivity contribution is -0.385. The van der Waals surface area contributed by atoms with Crippen LogP contribution in [0.4, 0.5) is 10.1 Å². The number of hydrogen-bond acceptors (Lipinski definition) is 4. The van der Waals surface area contributed by atoms with Crippen molar-refractivity contribution in [2.75, 3.05) is 6.54 Å². The van der Waals surface area contributed by atoms with Crippen molar-refractivity contribution in [2.45, 2.75) is 32.2 Å². The van der Waals surface area contributed by atoms with Crippen molar-refractivity contribution >= 4 is 27.5 Å². The largest absolute Gasteiger partial charge is 0.387 e. The molecule has 21 heavy (non-hydrogen) atoms. The fourth-order valence-electron chi connectivity index (χ4n) is 2.09. The second-order valence-electron chi connectivity index (χ2n) is 5.52. The summed E-state index contributed by atoms with van der Waals surface area (Å²) in [6.45, 7) is 2.49. The van der Waals surface area contributed by atoms with Crippen molar-refractivity contribution in [1.29, 1.82) is 0 Å². The number of rotatable bonds is 4. The van der Waals surface area contributed by atoms with Crippen LogP contribution >= 0.6 is 15.9 Å². The number of aliphatic hydroxyl groups is 1. The molecule has 1 atom stereocenters. The van der Waals surface area contributed by atoms with Gasteiger partial charge in [0.15, 0.2) is 0 Å². The summed E-state index contributed by atoms with van der Waals surface area (Å²) in [5.41, 5.74) is -0.891. The molecule has 1 aromatic rings. The van der Waals surface area contributed by atoms with Crippen LogP contribution in [0.3, 0.4) is 0 Å². The molecule has 0 aromatic heterocycles. The van der Waals surface area contributed by atoms with Gasteiger partial charge in [0.1, 0.15) is 6.17 Å². The van der Waals surface area contributed by atoms with E-state index in [0.717, 1.165) is 0 Å². The van der Waals surface area contributed by atoms with Gasteiger partial charge in [0.05, 0.1) is 21.5 Å². The van der Waals surface area contributed by atoms with Crippen LogP contribution in [0, 0.1) is 10.1 Å². The van der Waals surface area contributed by atoms with E-state index in [0.29, 0.717) is 11.1 Å². The molecule has 0 aliphatic carbocycles.